The fourth-order valence-electron chi connectivity index (χ4n) is 1.95. The summed E-state index contributed by atoms with van der Waals surface area (Å²) in [6.45, 7) is 5.49. The maximum atomic E-state index is 12.1. The smallest absolute Gasteiger partial charge is 0.319 e. The highest BCUT2D eigenvalue weighted by Crippen LogP contribution is 2.15. The standard InChI is InChI=1S/C17H26N4O3/c1-5-11(2)19-16(23)12(3)20-17(24)21-14-9-7-6-8-13(14)10-15(22)18-4/h6-9,11-12H,5,10H2,1-4H3,(H,18,22)(H,19,23)(H2,20,21,24)/t11-,12+/m1/s1. The van der Waals surface area contributed by atoms with Crippen molar-refractivity contribution in [1.82, 2.24) is 16.0 Å². The van der Waals surface area contributed by atoms with Crippen LogP contribution in [0.5, 0.6) is 0 Å². The molecule has 0 aromatic heterocycles. The van der Waals surface area contributed by atoms with Gasteiger partial charge in [0.1, 0.15) is 6.04 Å². The van der Waals surface area contributed by atoms with Crippen LogP contribution in [-0.2, 0) is 16.0 Å². The Morgan fingerprint density at radius 2 is 1.75 bits per heavy atom. The summed E-state index contributed by atoms with van der Waals surface area (Å²) in [5.74, 6) is -0.385. The first kappa shape index (κ1) is 19.5. The lowest BCUT2D eigenvalue weighted by Crippen LogP contribution is -2.48. The van der Waals surface area contributed by atoms with Crippen LogP contribution in [0.2, 0.25) is 0 Å². The molecule has 1 aromatic carbocycles. The lowest BCUT2D eigenvalue weighted by molar-refractivity contribution is -0.123. The molecule has 0 heterocycles. The zero-order chi connectivity index (χ0) is 18.1. The van der Waals surface area contributed by atoms with E-state index in [1.165, 1.54) is 0 Å². The molecule has 0 aliphatic rings. The fourth-order valence-corrected chi connectivity index (χ4v) is 1.95. The molecule has 0 fully saturated rings. The number of hydrogen-bond donors (Lipinski definition) is 4. The quantitative estimate of drug-likeness (QED) is 0.606. The first-order chi connectivity index (χ1) is 11.4. The van der Waals surface area contributed by atoms with Gasteiger partial charge in [0, 0.05) is 18.8 Å². The van der Waals surface area contributed by atoms with Gasteiger partial charge in [0.2, 0.25) is 11.8 Å². The zero-order valence-electron chi connectivity index (χ0n) is 14.6. The van der Waals surface area contributed by atoms with Gasteiger partial charge in [-0.15, -0.1) is 0 Å². The van der Waals surface area contributed by atoms with E-state index in [0.717, 1.165) is 6.42 Å². The average molecular weight is 334 g/mol. The van der Waals surface area contributed by atoms with Crippen LogP contribution in [0.15, 0.2) is 24.3 Å². The van der Waals surface area contributed by atoms with Crippen LogP contribution in [0, 0.1) is 0 Å². The maximum absolute atomic E-state index is 12.1. The van der Waals surface area contributed by atoms with Crippen LogP contribution < -0.4 is 21.3 Å². The summed E-state index contributed by atoms with van der Waals surface area (Å²) in [5, 5.41) is 10.6. The Bertz CT molecular complexity index is 589. The molecule has 0 unspecified atom stereocenters. The van der Waals surface area contributed by atoms with Crippen molar-refractivity contribution in [2.45, 2.75) is 45.7 Å². The van der Waals surface area contributed by atoms with Gasteiger partial charge < -0.3 is 21.3 Å². The molecule has 7 heteroatoms. The molecule has 0 saturated carbocycles. The SMILES string of the molecule is CC[C@@H](C)NC(=O)[C@H](C)NC(=O)Nc1ccccc1CC(=O)NC. The molecular formula is C17H26N4O3. The molecule has 1 aromatic rings. The Morgan fingerprint density at radius 1 is 1.08 bits per heavy atom. The molecular weight excluding hydrogens is 308 g/mol. The molecule has 7 nitrogen and oxygen atoms in total. The van der Waals surface area contributed by atoms with Gasteiger partial charge in [0.15, 0.2) is 0 Å². The van der Waals surface area contributed by atoms with Crippen LogP contribution in [0.25, 0.3) is 0 Å². The van der Waals surface area contributed by atoms with Crippen molar-refractivity contribution >= 4 is 23.5 Å². The summed E-state index contributed by atoms with van der Waals surface area (Å²) in [4.78, 5) is 35.6. The molecule has 4 amide bonds. The van der Waals surface area contributed by atoms with Crippen molar-refractivity contribution in [3.05, 3.63) is 29.8 Å². The number of benzene rings is 1. The molecule has 2 atom stereocenters. The zero-order valence-corrected chi connectivity index (χ0v) is 14.6. The highest BCUT2D eigenvalue weighted by Gasteiger charge is 2.17. The van der Waals surface area contributed by atoms with Gasteiger partial charge in [-0.25, -0.2) is 4.79 Å². The number of anilines is 1. The summed E-state index contributed by atoms with van der Waals surface area (Å²) in [5.41, 5.74) is 1.23. The number of hydrogen-bond acceptors (Lipinski definition) is 3. The number of amides is 4. The molecule has 0 radical (unpaired) electrons. The largest absolute Gasteiger partial charge is 0.359 e. The Hall–Kier alpha value is -2.57. The topological polar surface area (TPSA) is 99.3 Å². The third-order valence-electron chi connectivity index (χ3n) is 3.64. The Morgan fingerprint density at radius 3 is 2.38 bits per heavy atom. The van der Waals surface area contributed by atoms with E-state index in [-0.39, 0.29) is 24.3 Å². The highest BCUT2D eigenvalue weighted by atomic mass is 16.2. The molecule has 0 saturated heterocycles. The van der Waals surface area contributed by atoms with Gasteiger partial charge in [-0.05, 0) is 31.9 Å². The van der Waals surface area contributed by atoms with Crippen molar-refractivity contribution < 1.29 is 14.4 Å². The number of carbonyl (C=O) groups excluding carboxylic acids is 3. The predicted octanol–water partition coefficient (Wildman–Crippen LogP) is 1.40. The van der Waals surface area contributed by atoms with Gasteiger partial charge in [0.25, 0.3) is 0 Å². The minimum atomic E-state index is -0.662. The van der Waals surface area contributed by atoms with Gasteiger partial charge in [-0.2, -0.15) is 0 Å². The lowest BCUT2D eigenvalue weighted by Gasteiger charge is -2.18. The van der Waals surface area contributed by atoms with E-state index >= 15 is 0 Å². The first-order valence-electron chi connectivity index (χ1n) is 8.03. The van der Waals surface area contributed by atoms with Crippen molar-refractivity contribution in [2.24, 2.45) is 0 Å². The Labute approximate surface area is 142 Å². The Kier molecular flexibility index (Phi) is 7.74. The second-order valence-corrected chi connectivity index (χ2v) is 5.65. The molecule has 24 heavy (non-hydrogen) atoms. The second-order valence-electron chi connectivity index (χ2n) is 5.65. The van der Waals surface area contributed by atoms with E-state index < -0.39 is 12.1 Å². The minimum absolute atomic E-state index is 0.0538. The van der Waals surface area contributed by atoms with E-state index in [9.17, 15) is 14.4 Å². The second kappa shape index (κ2) is 9.54. The molecule has 0 aliphatic carbocycles. The number of para-hydroxylation sites is 1. The number of urea groups is 1. The van der Waals surface area contributed by atoms with E-state index in [1.54, 1.807) is 38.2 Å². The van der Waals surface area contributed by atoms with E-state index in [2.05, 4.69) is 21.3 Å². The van der Waals surface area contributed by atoms with E-state index in [1.807, 2.05) is 13.8 Å². The average Bonchev–Trinajstić information content (AvgIpc) is 2.56. The van der Waals surface area contributed by atoms with E-state index in [4.69, 9.17) is 0 Å². The van der Waals surface area contributed by atoms with Crippen LogP contribution >= 0.6 is 0 Å². The van der Waals surface area contributed by atoms with Crippen LogP contribution in [0.3, 0.4) is 0 Å². The molecule has 1 rings (SSSR count). The van der Waals surface area contributed by atoms with Crippen LogP contribution in [-0.4, -0.2) is 37.0 Å². The molecule has 0 spiro atoms. The van der Waals surface area contributed by atoms with Crippen molar-refractivity contribution in [2.75, 3.05) is 12.4 Å². The van der Waals surface area contributed by atoms with Crippen LogP contribution in [0.4, 0.5) is 10.5 Å². The number of nitrogens with one attached hydrogen (secondary N) is 4. The molecule has 4 N–H and O–H groups in total. The summed E-state index contributed by atoms with van der Waals surface area (Å²) in [6, 6.07) is 5.94. The third kappa shape index (κ3) is 6.28. The Balaban J connectivity index is 2.65. The van der Waals surface area contributed by atoms with Crippen molar-refractivity contribution in [3.63, 3.8) is 0 Å². The summed E-state index contributed by atoms with van der Waals surface area (Å²) in [6.07, 6.45) is 0.981. The van der Waals surface area contributed by atoms with Gasteiger partial charge >= 0.3 is 6.03 Å². The summed E-state index contributed by atoms with van der Waals surface area (Å²) in [7, 11) is 1.56. The van der Waals surface area contributed by atoms with Gasteiger partial charge in [-0.1, -0.05) is 25.1 Å². The molecule has 0 bridgehead atoms. The third-order valence-corrected chi connectivity index (χ3v) is 3.64. The van der Waals surface area contributed by atoms with Gasteiger partial charge in [-0.3, -0.25) is 9.59 Å². The monoisotopic (exact) mass is 334 g/mol. The number of likely N-dealkylation sites (N-methyl/N-ethyl adjacent to an activating group) is 1. The van der Waals surface area contributed by atoms with Gasteiger partial charge in [0.05, 0.1) is 6.42 Å². The minimum Gasteiger partial charge on any atom is -0.359 e. The first-order valence-corrected chi connectivity index (χ1v) is 8.03. The summed E-state index contributed by atoms with van der Waals surface area (Å²) >= 11 is 0. The molecule has 132 valence electrons. The number of rotatable bonds is 7. The maximum Gasteiger partial charge on any atom is 0.319 e. The normalized spacial score (nSPS) is 12.7. The van der Waals surface area contributed by atoms with Crippen molar-refractivity contribution in [3.8, 4) is 0 Å². The lowest BCUT2D eigenvalue weighted by atomic mass is 10.1. The highest BCUT2D eigenvalue weighted by molar-refractivity contribution is 5.94. The van der Waals surface area contributed by atoms with E-state index in [0.29, 0.717) is 11.3 Å². The predicted molar refractivity (Wildman–Crippen MR) is 93.7 cm³/mol. The molecule has 0 aliphatic heterocycles. The number of carbonyl (C=O) groups is 3. The van der Waals surface area contributed by atoms with Crippen molar-refractivity contribution in [1.29, 1.82) is 0 Å². The van der Waals surface area contributed by atoms with Crippen LogP contribution in [0.1, 0.15) is 32.8 Å². The summed E-state index contributed by atoms with van der Waals surface area (Å²) < 4.78 is 0. The fraction of sp³-hybridized carbons (Fsp3) is 0.471.